The van der Waals surface area contributed by atoms with Gasteiger partial charge in [0.1, 0.15) is 0 Å². The van der Waals surface area contributed by atoms with Crippen molar-refractivity contribution >= 4 is 0 Å². The largest absolute Gasteiger partial charge is 0.395 e. The number of aliphatic hydroxyl groups is 1. The summed E-state index contributed by atoms with van der Waals surface area (Å²) in [5.74, 6) is 0. The molecule has 0 amide bonds. The van der Waals surface area contributed by atoms with Gasteiger partial charge in [-0.05, 0) is 18.4 Å². The lowest BCUT2D eigenvalue weighted by molar-refractivity contribution is 0.0277. The van der Waals surface area contributed by atoms with Gasteiger partial charge >= 0.3 is 0 Å². The molecule has 0 saturated carbocycles. The summed E-state index contributed by atoms with van der Waals surface area (Å²) in [6.45, 7) is 8.03. The molecule has 3 N–H and O–H groups in total. The third-order valence-corrected chi connectivity index (χ3v) is 2.35. The first-order valence-electron chi connectivity index (χ1n) is 4.62. The lowest BCUT2D eigenvalue weighted by Gasteiger charge is -2.46. The van der Waals surface area contributed by atoms with E-state index >= 15 is 0 Å². The maximum atomic E-state index is 8.70. The Kier molecular flexibility index (Phi) is 3.09. The van der Waals surface area contributed by atoms with E-state index in [4.69, 9.17) is 10.8 Å². The minimum Gasteiger partial charge on any atom is -0.395 e. The highest BCUT2D eigenvalue weighted by Gasteiger charge is 2.33. The molecule has 1 atom stereocenters. The smallest absolute Gasteiger partial charge is 0.0583 e. The Labute approximate surface area is 74.5 Å². The second-order valence-electron chi connectivity index (χ2n) is 4.61. The molecule has 1 aliphatic heterocycles. The normalized spacial score (nSPS) is 25.0. The number of nitrogens with two attached hydrogens (primary N) is 1. The Morgan fingerprint density at radius 3 is 2.50 bits per heavy atom. The summed E-state index contributed by atoms with van der Waals surface area (Å²) in [6, 6.07) is -0.0336. The van der Waals surface area contributed by atoms with Crippen molar-refractivity contribution in [2.24, 2.45) is 11.1 Å². The zero-order valence-electron chi connectivity index (χ0n) is 8.08. The van der Waals surface area contributed by atoms with Crippen LogP contribution in [0.3, 0.4) is 0 Å². The zero-order chi connectivity index (χ0) is 9.19. The summed E-state index contributed by atoms with van der Waals surface area (Å²) in [6.07, 6.45) is 0.909. The van der Waals surface area contributed by atoms with Crippen molar-refractivity contribution in [3.8, 4) is 0 Å². The fraction of sp³-hybridized carbons (Fsp3) is 1.00. The monoisotopic (exact) mass is 172 g/mol. The molecule has 1 heterocycles. The average Bonchev–Trinajstić information content (AvgIpc) is 1.96. The van der Waals surface area contributed by atoms with Crippen LogP contribution in [0.25, 0.3) is 0 Å². The Balaban J connectivity index is 2.04. The van der Waals surface area contributed by atoms with Gasteiger partial charge in [0.25, 0.3) is 0 Å². The van der Waals surface area contributed by atoms with Crippen LogP contribution in [0.5, 0.6) is 0 Å². The molecule has 12 heavy (non-hydrogen) atoms. The molecule has 1 aliphatic rings. The number of aliphatic hydroxyl groups excluding tert-OH is 1. The third kappa shape index (κ3) is 2.73. The predicted molar refractivity (Wildman–Crippen MR) is 49.9 cm³/mol. The van der Waals surface area contributed by atoms with Crippen LogP contribution < -0.4 is 5.73 Å². The minimum atomic E-state index is -0.0336. The molecule has 3 heteroatoms. The van der Waals surface area contributed by atoms with E-state index in [0.717, 1.165) is 13.0 Å². The molecule has 0 aliphatic carbocycles. The van der Waals surface area contributed by atoms with Crippen LogP contribution >= 0.6 is 0 Å². The third-order valence-electron chi connectivity index (χ3n) is 2.35. The summed E-state index contributed by atoms with van der Waals surface area (Å²) >= 11 is 0. The van der Waals surface area contributed by atoms with Gasteiger partial charge in [-0.2, -0.15) is 0 Å². The molecule has 72 valence electrons. The van der Waals surface area contributed by atoms with Gasteiger partial charge in [-0.25, -0.2) is 0 Å². The summed E-state index contributed by atoms with van der Waals surface area (Å²) < 4.78 is 0. The highest BCUT2D eigenvalue weighted by Crippen LogP contribution is 2.28. The summed E-state index contributed by atoms with van der Waals surface area (Å²) in [7, 11) is 0. The van der Waals surface area contributed by atoms with Gasteiger partial charge in [0.2, 0.25) is 0 Å². The zero-order valence-corrected chi connectivity index (χ0v) is 8.08. The fourth-order valence-corrected chi connectivity index (χ4v) is 1.76. The molecular formula is C9H20N2O. The van der Waals surface area contributed by atoms with Crippen LogP contribution in [0.1, 0.15) is 20.3 Å². The van der Waals surface area contributed by atoms with Gasteiger partial charge in [0.05, 0.1) is 6.61 Å². The van der Waals surface area contributed by atoms with E-state index < -0.39 is 0 Å². The first kappa shape index (κ1) is 9.96. The van der Waals surface area contributed by atoms with Crippen LogP contribution in [0, 0.1) is 5.41 Å². The molecule has 1 fully saturated rings. The van der Waals surface area contributed by atoms with E-state index in [9.17, 15) is 0 Å². The van der Waals surface area contributed by atoms with Gasteiger partial charge in [-0.3, -0.25) is 0 Å². The van der Waals surface area contributed by atoms with Crippen molar-refractivity contribution in [2.45, 2.75) is 26.3 Å². The molecule has 0 aromatic rings. The minimum absolute atomic E-state index is 0.0336. The molecule has 1 rings (SSSR count). The maximum Gasteiger partial charge on any atom is 0.0583 e. The van der Waals surface area contributed by atoms with Crippen molar-refractivity contribution in [2.75, 3.05) is 26.2 Å². The Bertz CT molecular complexity index is 139. The van der Waals surface area contributed by atoms with E-state index in [0.29, 0.717) is 5.41 Å². The van der Waals surface area contributed by atoms with Gasteiger partial charge in [-0.15, -0.1) is 0 Å². The molecule has 1 saturated heterocycles. The van der Waals surface area contributed by atoms with Gasteiger partial charge in [0.15, 0.2) is 0 Å². The second-order valence-corrected chi connectivity index (χ2v) is 4.61. The Morgan fingerprint density at radius 2 is 2.08 bits per heavy atom. The Hall–Kier alpha value is -0.120. The standard InChI is InChI=1S/C9H20N2O/c1-9(2)6-11(7-9)4-3-8(10)5-12/h8,12H,3-7,10H2,1-2H3. The first-order valence-corrected chi connectivity index (χ1v) is 4.62. The summed E-state index contributed by atoms with van der Waals surface area (Å²) in [5, 5.41) is 8.70. The van der Waals surface area contributed by atoms with E-state index in [1.54, 1.807) is 0 Å². The highest BCUT2D eigenvalue weighted by atomic mass is 16.3. The Morgan fingerprint density at radius 1 is 1.50 bits per heavy atom. The fourth-order valence-electron chi connectivity index (χ4n) is 1.76. The van der Waals surface area contributed by atoms with E-state index in [1.807, 2.05) is 0 Å². The van der Waals surface area contributed by atoms with E-state index in [2.05, 4.69) is 18.7 Å². The first-order chi connectivity index (χ1) is 5.53. The molecule has 0 spiro atoms. The van der Waals surface area contributed by atoms with E-state index in [-0.39, 0.29) is 12.6 Å². The molecular weight excluding hydrogens is 152 g/mol. The number of rotatable bonds is 4. The van der Waals surface area contributed by atoms with Crippen molar-refractivity contribution < 1.29 is 5.11 Å². The highest BCUT2D eigenvalue weighted by molar-refractivity contribution is 4.87. The number of nitrogens with zero attached hydrogens (tertiary/aromatic N) is 1. The lowest BCUT2D eigenvalue weighted by Crippen LogP contribution is -2.53. The van der Waals surface area contributed by atoms with Crippen LogP contribution in [0.15, 0.2) is 0 Å². The summed E-state index contributed by atoms with van der Waals surface area (Å²) in [5.41, 5.74) is 6.09. The number of likely N-dealkylation sites (tertiary alicyclic amines) is 1. The predicted octanol–water partition coefficient (Wildman–Crippen LogP) is 0.0379. The van der Waals surface area contributed by atoms with Crippen molar-refractivity contribution in [1.29, 1.82) is 0 Å². The summed E-state index contributed by atoms with van der Waals surface area (Å²) in [4.78, 5) is 2.38. The molecule has 1 unspecified atom stereocenters. The number of hydrogen-bond donors (Lipinski definition) is 2. The van der Waals surface area contributed by atoms with E-state index in [1.165, 1.54) is 13.1 Å². The second kappa shape index (κ2) is 3.73. The average molecular weight is 172 g/mol. The van der Waals surface area contributed by atoms with Crippen LogP contribution in [0.2, 0.25) is 0 Å². The lowest BCUT2D eigenvalue weighted by atomic mass is 9.84. The molecule has 3 nitrogen and oxygen atoms in total. The van der Waals surface area contributed by atoms with Crippen LogP contribution in [-0.2, 0) is 0 Å². The molecule has 0 radical (unpaired) electrons. The van der Waals surface area contributed by atoms with Crippen molar-refractivity contribution in [3.63, 3.8) is 0 Å². The van der Waals surface area contributed by atoms with Crippen LogP contribution in [0.4, 0.5) is 0 Å². The quantitative estimate of drug-likeness (QED) is 0.629. The van der Waals surface area contributed by atoms with Gasteiger partial charge in [-0.1, -0.05) is 13.8 Å². The molecule has 0 bridgehead atoms. The maximum absolute atomic E-state index is 8.70. The molecule has 0 aromatic carbocycles. The topological polar surface area (TPSA) is 49.5 Å². The van der Waals surface area contributed by atoms with Crippen molar-refractivity contribution in [3.05, 3.63) is 0 Å². The number of hydrogen-bond acceptors (Lipinski definition) is 3. The van der Waals surface area contributed by atoms with Gasteiger partial charge in [0, 0.05) is 19.1 Å². The van der Waals surface area contributed by atoms with Crippen molar-refractivity contribution in [1.82, 2.24) is 4.90 Å². The SMILES string of the molecule is CC1(C)CN(CCC(N)CO)C1. The molecule has 0 aromatic heterocycles. The van der Waals surface area contributed by atoms with Gasteiger partial charge < -0.3 is 15.7 Å². The van der Waals surface area contributed by atoms with Crippen LogP contribution in [-0.4, -0.2) is 42.3 Å².